The molecule has 0 spiro atoms. The van der Waals surface area contributed by atoms with Crippen molar-refractivity contribution in [1.82, 2.24) is 9.97 Å². The Hall–Kier alpha value is -2.16. The van der Waals surface area contributed by atoms with E-state index in [1.807, 2.05) is 47.8 Å². The van der Waals surface area contributed by atoms with Crippen LogP contribution in [0, 0.1) is 11.3 Å². The molecule has 0 amide bonds. The van der Waals surface area contributed by atoms with Crippen molar-refractivity contribution in [3.8, 4) is 16.6 Å². The maximum Gasteiger partial charge on any atom is 0.115 e. The number of pyridine rings is 2. The predicted octanol–water partition coefficient (Wildman–Crippen LogP) is 4.37. The Balaban J connectivity index is 1.86. The molecular formula is C16H11N3S2. The maximum atomic E-state index is 9.22. The summed E-state index contributed by atoms with van der Waals surface area (Å²) in [5.41, 5.74) is 2.50. The third-order valence-electron chi connectivity index (χ3n) is 2.84. The van der Waals surface area contributed by atoms with Crippen LogP contribution < -0.4 is 0 Å². The fraction of sp³-hybridized carbons (Fsp3) is 0.0625. The van der Waals surface area contributed by atoms with Crippen LogP contribution in [0.25, 0.3) is 10.6 Å². The van der Waals surface area contributed by atoms with Crippen molar-refractivity contribution in [2.24, 2.45) is 0 Å². The highest BCUT2D eigenvalue weighted by Gasteiger charge is 2.09. The molecule has 5 heteroatoms. The molecule has 0 aliphatic carbocycles. The molecule has 0 atom stereocenters. The lowest BCUT2D eigenvalue weighted by molar-refractivity contribution is 1.11. The van der Waals surface area contributed by atoms with Gasteiger partial charge in [-0.1, -0.05) is 23.9 Å². The quantitative estimate of drug-likeness (QED) is 0.671. The number of rotatable bonds is 4. The zero-order chi connectivity index (χ0) is 14.5. The van der Waals surface area contributed by atoms with Gasteiger partial charge in [-0.25, -0.2) is 4.98 Å². The number of thiophene rings is 1. The van der Waals surface area contributed by atoms with Gasteiger partial charge in [-0.3, -0.25) is 4.98 Å². The molecule has 3 nitrogen and oxygen atoms in total. The summed E-state index contributed by atoms with van der Waals surface area (Å²) in [7, 11) is 0. The van der Waals surface area contributed by atoms with Gasteiger partial charge in [0.25, 0.3) is 0 Å². The molecule has 3 heterocycles. The molecule has 0 radical (unpaired) electrons. The van der Waals surface area contributed by atoms with Gasteiger partial charge in [0.2, 0.25) is 0 Å². The standard InChI is InChI=1S/C16H11N3S2/c17-10-12-6-7-14(15-5-3-9-20-15)19-16(12)21-11-13-4-1-2-8-18-13/h1-9H,11H2. The van der Waals surface area contributed by atoms with Gasteiger partial charge in [-0.15, -0.1) is 11.3 Å². The van der Waals surface area contributed by atoms with Crippen LogP contribution in [0.2, 0.25) is 0 Å². The molecule has 0 aromatic carbocycles. The van der Waals surface area contributed by atoms with Gasteiger partial charge >= 0.3 is 0 Å². The highest BCUT2D eigenvalue weighted by atomic mass is 32.2. The van der Waals surface area contributed by atoms with Gasteiger partial charge in [0.1, 0.15) is 11.1 Å². The molecule has 0 unspecified atom stereocenters. The minimum absolute atomic E-state index is 0.608. The molecule has 21 heavy (non-hydrogen) atoms. The second-order valence-corrected chi connectivity index (χ2v) is 6.16. The van der Waals surface area contributed by atoms with E-state index in [9.17, 15) is 5.26 Å². The van der Waals surface area contributed by atoms with Crippen molar-refractivity contribution in [1.29, 1.82) is 5.26 Å². The van der Waals surface area contributed by atoms with Crippen LogP contribution in [-0.2, 0) is 5.75 Å². The molecule has 0 saturated carbocycles. The van der Waals surface area contributed by atoms with Crippen LogP contribution >= 0.6 is 23.1 Å². The van der Waals surface area contributed by atoms with E-state index in [1.54, 1.807) is 29.3 Å². The van der Waals surface area contributed by atoms with Crippen LogP contribution in [0.3, 0.4) is 0 Å². The van der Waals surface area contributed by atoms with Crippen molar-refractivity contribution in [3.05, 3.63) is 65.3 Å². The summed E-state index contributed by atoms with van der Waals surface area (Å²) < 4.78 is 0. The first-order valence-corrected chi connectivity index (χ1v) is 8.21. The van der Waals surface area contributed by atoms with Crippen molar-refractivity contribution < 1.29 is 0 Å². The van der Waals surface area contributed by atoms with E-state index in [0.717, 1.165) is 21.3 Å². The molecular weight excluding hydrogens is 298 g/mol. The molecule has 0 N–H and O–H groups in total. The third-order valence-corrected chi connectivity index (χ3v) is 4.75. The SMILES string of the molecule is N#Cc1ccc(-c2cccs2)nc1SCc1ccccn1. The van der Waals surface area contributed by atoms with E-state index in [4.69, 9.17) is 0 Å². The smallest absolute Gasteiger partial charge is 0.115 e. The summed E-state index contributed by atoms with van der Waals surface area (Å²) in [6.07, 6.45) is 1.77. The van der Waals surface area contributed by atoms with Gasteiger partial charge in [-0.2, -0.15) is 5.26 Å². The average Bonchev–Trinajstić information content (AvgIpc) is 3.08. The lowest BCUT2D eigenvalue weighted by Gasteiger charge is -2.05. The Morgan fingerprint density at radius 1 is 1.14 bits per heavy atom. The monoisotopic (exact) mass is 309 g/mol. The molecule has 0 aliphatic heterocycles. The fourth-order valence-corrected chi connectivity index (χ4v) is 3.41. The summed E-state index contributed by atoms with van der Waals surface area (Å²) in [6.45, 7) is 0. The number of hydrogen-bond donors (Lipinski definition) is 0. The van der Waals surface area contributed by atoms with E-state index >= 15 is 0 Å². The summed E-state index contributed by atoms with van der Waals surface area (Å²) in [5.74, 6) is 0.705. The zero-order valence-electron chi connectivity index (χ0n) is 11.1. The fourth-order valence-electron chi connectivity index (χ4n) is 1.82. The van der Waals surface area contributed by atoms with Gasteiger partial charge in [-0.05, 0) is 35.7 Å². The maximum absolute atomic E-state index is 9.22. The van der Waals surface area contributed by atoms with Crippen molar-refractivity contribution in [2.75, 3.05) is 0 Å². The number of thioether (sulfide) groups is 1. The van der Waals surface area contributed by atoms with Gasteiger partial charge < -0.3 is 0 Å². The predicted molar refractivity (Wildman–Crippen MR) is 86.1 cm³/mol. The summed E-state index contributed by atoms with van der Waals surface area (Å²) in [6, 6.07) is 15.8. The van der Waals surface area contributed by atoms with Crippen LogP contribution in [0.1, 0.15) is 11.3 Å². The molecule has 102 valence electrons. The summed E-state index contributed by atoms with van der Waals surface area (Å²) in [5, 5.41) is 12.0. The van der Waals surface area contributed by atoms with Crippen LogP contribution in [0.5, 0.6) is 0 Å². The second-order valence-electron chi connectivity index (χ2n) is 4.25. The van der Waals surface area contributed by atoms with E-state index in [1.165, 1.54) is 0 Å². The summed E-state index contributed by atoms with van der Waals surface area (Å²) in [4.78, 5) is 10.0. The minimum Gasteiger partial charge on any atom is -0.260 e. The summed E-state index contributed by atoms with van der Waals surface area (Å²) >= 11 is 3.19. The number of nitriles is 1. The molecule has 3 aromatic heterocycles. The van der Waals surface area contributed by atoms with Crippen LogP contribution in [0.4, 0.5) is 0 Å². The third kappa shape index (κ3) is 3.30. The molecule has 3 aromatic rings. The average molecular weight is 309 g/mol. The first kappa shape index (κ1) is 13.8. The van der Waals surface area contributed by atoms with Crippen molar-refractivity contribution >= 4 is 23.1 Å². The van der Waals surface area contributed by atoms with E-state index < -0.39 is 0 Å². The largest absolute Gasteiger partial charge is 0.260 e. The van der Waals surface area contributed by atoms with E-state index in [-0.39, 0.29) is 0 Å². The van der Waals surface area contributed by atoms with Crippen molar-refractivity contribution in [3.63, 3.8) is 0 Å². The molecule has 0 saturated heterocycles. The Bertz CT molecular complexity index is 762. The Kier molecular flexibility index (Phi) is 4.29. The lowest BCUT2D eigenvalue weighted by atomic mass is 10.2. The van der Waals surface area contributed by atoms with Crippen LogP contribution in [0.15, 0.2) is 59.1 Å². The number of hydrogen-bond acceptors (Lipinski definition) is 5. The van der Waals surface area contributed by atoms with E-state index in [0.29, 0.717) is 11.3 Å². The number of aromatic nitrogens is 2. The molecule has 0 fully saturated rings. The highest BCUT2D eigenvalue weighted by Crippen LogP contribution is 2.29. The first-order valence-electron chi connectivity index (χ1n) is 6.34. The second kappa shape index (κ2) is 6.53. The van der Waals surface area contributed by atoms with Crippen molar-refractivity contribution in [2.45, 2.75) is 10.8 Å². The highest BCUT2D eigenvalue weighted by molar-refractivity contribution is 7.98. The molecule has 3 rings (SSSR count). The topological polar surface area (TPSA) is 49.6 Å². The Morgan fingerprint density at radius 3 is 2.81 bits per heavy atom. The first-order chi connectivity index (χ1) is 10.4. The molecule has 0 bridgehead atoms. The Labute approximate surface area is 131 Å². The minimum atomic E-state index is 0.608. The lowest BCUT2D eigenvalue weighted by Crippen LogP contribution is -1.91. The van der Waals surface area contributed by atoms with Gasteiger partial charge in [0, 0.05) is 11.9 Å². The van der Waals surface area contributed by atoms with Crippen LogP contribution in [-0.4, -0.2) is 9.97 Å². The zero-order valence-corrected chi connectivity index (χ0v) is 12.7. The Morgan fingerprint density at radius 2 is 2.10 bits per heavy atom. The van der Waals surface area contributed by atoms with Gasteiger partial charge in [0.05, 0.1) is 21.8 Å². The normalized spacial score (nSPS) is 10.2. The number of nitrogens with zero attached hydrogens (tertiary/aromatic N) is 3. The van der Waals surface area contributed by atoms with Gasteiger partial charge in [0.15, 0.2) is 0 Å². The van der Waals surface area contributed by atoms with E-state index in [2.05, 4.69) is 16.0 Å². The molecule has 0 aliphatic rings.